The van der Waals surface area contributed by atoms with E-state index in [1.165, 1.54) is 0 Å². The van der Waals surface area contributed by atoms with Crippen molar-refractivity contribution in [2.75, 3.05) is 13.1 Å². The molecule has 1 rings (SSSR count). The summed E-state index contributed by atoms with van der Waals surface area (Å²) in [4.78, 5) is 0. The van der Waals surface area contributed by atoms with Crippen molar-refractivity contribution in [1.29, 1.82) is 0 Å². The first-order valence-corrected chi connectivity index (χ1v) is 3.15. The molecule has 2 heteroatoms. The van der Waals surface area contributed by atoms with Gasteiger partial charge in [0, 0.05) is 13.1 Å². The van der Waals surface area contributed by atoms with Crippen molar-refractivity contribution in [2.24, 2.45) is 0 Å². The van der Waals surface area contributed by atoms with Crippen LogP contribution in [0.25, 0.3) is 0 Å². The van der Waals surface area contributed by atoms with Crippen LogP contribution in [0.5, 0.6) is 0 Å². The molecule has 0 unspecified atom stereocenters. The van der Waals surface area contributed by atoms with Crippen LogP contribution in [-0.2, 0) is 4.74 Å². The second-order valence-corrected chi connectivity index (χ2v) is 2.42. The van der Waals surface area contributed by atoms with Crippen molar-refractivity contribution in [2.45, 2.75) is 26.1 Å². The summed E-state index contributed by atoms with van der Waals surface area (Å²) in [6.45, 7) is 6.18. The average Bonchev–Trinajstić information content (AvgIpc) is 1.64. The highest BCUT2D eigenvalue weighted by Gasteiger charge is 2.12. The summed E-state index contributed by atoms with van der Waals surface area (Å²) in [6, 6.07) is 0. The van der Waals surface area contributed by atoms with Crippen LogP contribution in [0, 0.1) is 0 Å². The van der Waals surface area contributed by atoms with Gasteiger partial charge in [0.2, 0.25) is 0 Å². The predicted octanol–water partition coefficient (Wildman–Crippen LogP) is 0.383. The van der Waals surface area contributed by atoms with Crippen LogP contribution in [0.15, 0.2) is 0 Å². The fourth-order valence-corrected chi connectivity index (χ4v) is 0.983. The Morgan fingerprint density at radius 3 is 2.00 bits per heavy atom. The molecule has 2 nitrogen and oxygen atoms in total. The largest absolute Gasteiger partial charge is 0.373 e. The Kier molecular flexibility index (Phi) is 1.86. The van der Waals surface area contributed by atoms with E-state index in [1.807, 2.05) is 0 Å². The van der Waals surface area contributed by atoms with E-state index >= 15 is 0 Å². The summed E-state index contributed by atoms with van der Waals surface area (Å²) in [5.74, 6) is 0. The quantitative estimate of drug-likeness (QED) is 0.493. The third kappa shape index (κ3) is 1.46. The van der Waals surface area contributed by atoms with Crippen molar-refractivity contribution < 1.29 is 4.74 Å². The Balaban J connectivity index is 2.23. The first kappa shape index (κ1) is 6.05. The second-order valence-electron chi connectivity index (χ2n) is 2.42. The smallest absolute Gasteiger partial charge is 0.0675 e. The molecule has 1 heterocycles. The van der Waals surface area contributed by atoms with Gasteiger partial charge in [-0.1, -0.05) is 0 Å². The van der Waals surface area contributed by atoms with Gasteiger partial charge in [-0.25, -0.2) is 0 Å². The van der Waals surface area contributed by atoms with Crippen LogP contribution >= 0.6 is 0 Å². The molecule has 8 heavy (non-hydrogen) atoms. The number of rotatable bonds is 0. The maximum atomic E-state index is 5.42. The molecule has 1 aliphatic rings. The Labute approximate surface area is 50.2 Å². The number of hydrogen-bond acceptors (Lipinski definition) is 2. The summed E-state index contributed by atoms with van der Waals surface area (Å²) in [6.07, 6.45) is 0.803. The van der Waals surface area contributed by atoms with E-state index in [0.29, 0.717) is 12.2 Å². The van der Waals surface area contributed by atoms with Gasteiger partial charge in [0.15, 0.2) is 0 Å². The maximum Gasteiger partial charge on any atom is 0.0675 e. The molecule has 0 aliphatic carbocycles. The van der Waals surface area contributed by atoms with Gasteiger partial charge in [-0.3, -0.25) is 0 Å². The van der Waals surface area contributed by atoms with Crippen molar-refractivity contribution in [3.63, 3.8) is 0 Å². The first-order chi connectivity index (χ1) is 3.79. The summed E-state index contributed by atoms with van der Waals surface area (Å²) < 4.78 is 5.42. The lowest BCUT2D eigenvalue weighted by Gasteiger charge is -2.25. The van der Waals surface area contributed by atoms with Crippen molar-refractivity contribution in [3.05, 3.63) is 0 Å². The maximum absolute atomic E-state index is 5.42. The minimum atomic E-state index is 0.402. The lowest BCUT2D eigenvalue weighted by molar-refractivity contribution is -0.0166. The van der Waals surface area contributed by atoms with Gasteiger partial charge in [0.05, 0.1) is 12.2 Å². The third-order valence-electron chi connectivity index (χ3n) is 1.33. The van der Waals surface area contributed by atoms with Gasteiger partial charge >= 0.3 is 0 Å². The van der Waals surface area contributed by atoms with Crippen LogP contribution in [0.3, 0.4) is 0 Å². The molecular formula is C6H13NO. The van der Waals surface area contributed by atoms with Crippen LogP contribution in [0.4, 0.5) is 0 Å². The highest BCUT2D eigenvalue weighted by Crippen LogP contribution is 2.00. The summed E-state index contributed by atoms with van der Waals surface area (Å²) in [5.41, 5.74) is 0. The minimum absolute atomic E-state index is 0.402. The zero-order chi connectivity index (χ0) is 5.98. The molecule has 0 amide bonds. The van der Waals surface area contributed by atoms with Crippen LogP contribution in [0.2, 0.25) is 0 Å². The van der Waals surface area contributed by atoms with E-state index in [2.05, 4.69) is 19.2 Å². The van der Waals surface area contributed by atoms with Gasteiger partial charge in [0.25, 0.3) is 0 Å². The molecule has 0 saturated carbocycles. The van der Waals surface area contributed by atoms with Crippen molar-refractivity contribution in [1.82, 2.24) is 5.32 Å². The molecule has 0 aromatic carbocycles. The molecule has 0 aromatic rings. The molecule has 0 spiro atoms. The lowest BCUT2D eigenvalue weighted by atomic mass is 10.3. The normalized spacial score (nSPS) is 39.8. The third-order valence-corrected chi connectivity index (χ3v) is 1.33. The lowest BCUT2D eigenvalue weighted by Crippen LogP contribution is -2.41. The zero-order valence-electron chi connectivity index (χ0n) is 5.48. The van der Waals surface area contributed by atoms with Crippen LogP contribution in [-0.4, -0.2) is 25.3 Å². The molecular weight excluding hydrogens is 102 g/mol. The van der Waals surface area contributed by atoms with E-state index in [1.54, 1.807) is 0 Å². The summed E-state index contributed by atoms with van der Waals surface area (Å²) in [7, 11) is 0. The first-order valence-electron chi connectivity index (χ1n) is 3.15. The Morgan fingerprint density at radius 1 is 1.25 bits per heavy atom. The van der Waals surface area contributed by atoms with Gasteiger partial charge in [0.1, 0.15) is 0 Å². The molecule has 1 N–H and O–H groups in total. The molecule has 2 atom stereocenters. The molecule has 0 aromatic heterocycles. The fraction of sp³-hybridized carbons (Fsp3) is 1.00. The van der Waals surface area contributed by atoms with Crippen LogP contribution < -0.4 is 5.32 Å². The molecule has 0 radical (unpaired) electrons. The number of nitrogens with one attached hydrogen (secondary N) is 1. The van der Waals surface area contributed by atoms with Crippen LogP contribution in [0.1, 0.15) is 13.8 Å². The molecule has 1 aliphatic heterocycles. The van der Waals surface area contributed by atoms with Crippen molar-refractivity contribution in [3.8, 4) is 0 Å². The standard InChI is InChI=1S/C6H13NO/c1-5-3-7-4-6(2)8-5/h5-7H,3-4H2,1-2H3/t5-,6-/m0/s1. The summed E-state index contributed by atoms with van der Waals surface area (Å²) in [5, 5.41) is 3.26. The summed E-state index contributed by atoms with van der Waals surface area (Å²) >= 11 is 0. The Hall–Kier alpha value is -0.0800. The van der Waals surface area contributed by atoms with Gasteiger partial charge < -0.3 is 10.1 Å². The predicted molar refractivity (Wildman–Crippen MR) is 32.9 cm³/mol. The number of ether oxygens (including phenoxy) is 1. The monoisotopic (exact) mass is 115 g/mol. The molecule has 48 valence electrons. The topological polar surface area (TPSA) is 21.3 Å². The SMILES string of the molecule is C[C@H]1CNC[C@H](C)O1. The Morgan fingerprint density at radius 2 is 1.75 bits per heavy atom. The molecule has 0 bridgehead atoms. The van der Waals surface area contributed by atoms with E-state index in [-0.39, 0.29) is 0 Å². The van der Waals surface area contributed by atoms with Gasteiger partial charge in [-0.2, -0.15) is 0 Å². The fourth-order valence-electron chi connectivity index (χ4n) is 0.983. The van der Waals surface area contributed by atoms with Gasteiger partial charge in [-0.05, 0) is 13.8 Å². The zero-order valence-corrected chi connectivity index (χ0v) is 5.48. The average molecular weight is 115 g/mol. The molecule has 1 fully saturated rings. The second kappa shape index (κ2) is 2.46. The van der Waals surface area contributed by atoms with E-state index in [0.717, 1.165) is 13.1 Å². The number of hydrogen-bond donors (Lipinski definition) is 1. The highest BCUT2D eigenvalue weighted by atomic mass is 16.5. The highest BCUT2D eigenvalue weighted by molar-refractivity contribution is 4.66. The van der Waals surface area contributed by atoms with E-state index in [9.17, 15) is 0 Å². The van der Waals surface area contributed by atoms with Crippen molar-refractivity contribution >= 4 is 0 Å². The minimum Gasteiger partial charge on any atom is -0.373 e. The van der Waals surface area contributed by atoms with E-state index < -0.39 is 0 Å². The number of morpholine rings is 1. The Bertz CT molecular complexity index is 66.9. The van der Waals surface area contributed by atoms with Gasteiger partial charge in [-0.15, -0.1) is 0 Å². The molecule has 1 saturated heterocycles. The van der Waals surface area contributed by atoms with E-state index in [4.69, 9.17) is 4.74 Å².